The first-order chi connectivity index (χ1) is 12.6. The van der Waals surface area contributed by atoms with Gasteiger partial charge in [0.25, 0.3) is 0 Å². The number of aliphatic hydroxyl groups excluding tert-OH is 1. The van der Waals surface area contributed by atoms with E-state index in [1.807, 2.05) is 35.2 Å². The Bertz CT molecular complexity index is 932. The fourth-order valence-corrected chi connectivity index (χ4v) is 3.19. The third kappa shape index (κ3) is 3.24. The average Bonchev–Trinajstić information content (AvgIpc) is 3.08. The van der Waals surface area contributed by atoms with Crippen LogP contribution in [0.2, 0.25) is 0 Å². The van der Waals surface area contributed by atoms with Gasteiger partial charge < -0.3 is 15.7 Å². The molecule has 8 nitrogen and oxygen atoms in total. The summed E-state index contributed by atoms with van der Waals surface area (Å²) in [5.41, 5.74) is 7.95. The van der Waals surface area contributed by atoms with Crippen LogP contribution in [0.5, 0.6) is 0 Å². The number of hydrogen-bond acceptors (Lipinski definition) is 8. The molecule has 0 spiro atoms. The molecule has 1 atom stereocenters. The van der Waals surface area contributed by atoms with E-state index in [-0.39, 0.29) is 11.9 Å². The maximum absolute atomic E-state index is 9.72. The number of fused-ring (bicyclic) bond motifs is 1. The van der Waals surface area contributed by atoms with E-state index in [2.05, 4.69) is 15.0 Å². The molecule has 134 valence electrons. The Kier molecular flexibility index (Phi) is 4.27. The number of nitrogens with two attached hydrogens (primary N) is 2. The molecule has 1 fully saturated rings. The molecule has 0 radical (unpaired) electrons. The van der Waals surface area contributed by atoms with Gasteiger partial charge in [-0.15, -0.1) is 0 Å². The molecule has 1 saturated heterocycles. The summed E-state index contributed by atoms with van der Waals surface area (Å²) in [6.07, 6.45) is 3.78. The summed E-state index contributed by atoms with van der Waals surface area (Å²) in [4.78, 5) is 15.1. The van der Waals surface area contributed by atoms with Crippen molar-refractivity contribution in [3.05, 3.63) is 48.3 Å². The minimum atomic E-state index is -0.335. The molecule has 0 bridgehead atoms. The second kappa shape index (κ2) is 6.74. The highest BCUT2D eigenvalue weighted by atomic mass is 16.3. The minimum absolute atomic E-state index is 0.276. The molecular weight excluding hydrogens is 330 g/mol. The van der Waals surface area contributed by atoms with Crippen LogP contribution in [-0.2, 0) is 6.54 Å². The van der Waals surface area contributed by atoms with Crippen LogP contribution in [0.4, 0.5) is 17.5 Å². The van der Waals surface area contributed by atoms with Gasteiger partial charge >= 0.3 is 0 Å². The van der Waals surface area contributed by atoms with Crippen LogP contribution in [0.15, 0.2) is 42.7 Å². The van der Waals surface area contributed by atoms with Gasteiger partial charge in [-0.3, -0.25) is 9.99 Å². The maximum Gasteiger partial charge on any atom is 0.188 e. The van der Waals surface area contributed by atoms with E-state index in [9.17, 15) is 5.11 Å². The van der Waals surface area contributed by atoms with Crippen molar-refractivity contribution < 1.29 is 5.11 Å². The smallest absolute Gasteiger partial charge is 0.188 e. The summed E-state index contributed by atoms with van der Waals surface area (Å²) in [5, 5.41) is 12.3. The summed E-state index contributed by atoms with van der Waals surface area (Å²) < 4.78 is 0. The zero-order chi connectivity index (χ0) is 18.1. The van der Waals surface area contributed by atoms with E-state index in [0.717, 1.165) is 29.4 Å². The van der Waals surface area contributed by atoms with Crippen LogP contribution in [0.1, 0.15) is 12.0 Å². The van der Waals surface area contributed by atoms with Crippen molar-refractivity contribution >= 4 is 28.4 Å². The fraction of sp³-hybridized carbons (Fsp3) is 0.278. The maximum atomic E-state index is 9.72. The van der Waals surface area contributed by atoms with Gasteiger partial charge in [-0.1, -0.05) is 12.1 Å². The largest absolute Gasteiger partial charge is 0.391 e. The quantitative estimate of drug-likeness (QED) is 0.472. The highest BCUT2D eigenvalue weighted by Gasteiger charge is 2.23. The van der Waals surface area contributed by atoms with Crippen molar-refractivity contribution in [2.75, 3.05) is 28.7 Å². The minimum Gasteiger partial charge on any atom is -0.391 e. The van der Waals surface area contributed by atoms with Crippen LogP contribution in [0.25, 0.3) is 10.9 Å². The van der Waals surface area contributed by atoms with Gasteiger partial charge in [0.15, 0.2) is 11.6 Å². The second-order valence-corrected chi connectivity index (χ2v) is 6.48. The van der Waals surface area contributed by atoms with Crippen LogP contribution in [0.3, 0.4) is 0 Å². The van der Waals surface area contributed by atoms with E-state index in [0.29, 0.717) is 24.7 Å². The van der Waals surface area contributed by atoms with Crippen molar-refractivity contribution in [1.29, 1.82) is 0 Å². The molecule has 0 saturated carbocycles. The van der Waals surface area contributed by atoms with Crippen LogP contribution >= 0.6 is 0 Å². The molecule has 1 aliphatic heterocycles. The molecule has 0 amide bonds. The number of benzene rings is 1. The Labute approximate surface area is 151 Å². The molecule has 1 aromatic carbocycles. The lowest BCUT2D eigenvalue weighted by Crippen LogP contribution is -2.33. The highest BCUT2D eigenvalue weighted by molar-refractivity contribution is 5.79. The Morgan fingerprint density at radius 1 is 1.27 bits per heavy atom. The van der Waals surface area contributed by atoms with Crippen molar-refractivity contribution in [3.63, 3.8) is 0 Å². The van der Waals surface area contributed by atoms with Gasteiger partial charge in [0, 0.05) is 24.7 Å². The Morgan fingerprint density at radius 2 is 2.15 bits per heavy atom. The van der Waals surface area contributed by atoms with Gasteiger partial charge in [-0.05, 0) is 30.2 Å². The van der Waals surface area contributed by atoms with E-state index >= 15 is 0 Å². The van der Waals surface area contributed by atoms with E-state index in [4.69, 9.17) is 11.6 Å². The van der Waals surface area contributed by atoms with Gasteiger partial charge in [-0.25, -0.2) is 15.8 Å². The molecule has 26 heavy (non-hydrogen) atoms. The first kappa shape index (κ1) is 16.5. The third-order valence-electron chi connectivity index (χ3n) is 4.55. The predicted octanol–water partition coefficient (Wildman–Crippen LogP) is 1.06. The SMILES string of the molecule is Nc1ncc(N2CC[C@H](O)C2)nc1N(N)Cc1ccc2ncccc2c1. The molecule has 4 rings (SSSR count). The molecule has 5 N–H and O–H groups in total. The van der Waals surface area contributed by atoms with Gasteiger partial charge in [0.1, 0.15) is 5.82 Å². The van der Waals surface area contributed by atoms with E-state index < -0.39 is 0 Å². The number of aromatic nitrogens is 3. The Hall–Kier alpha value is -2.97. The zero-order valence-corrected chi connectivity index (χ0v) is 14.3. The number of nitrogens with zero attached hydrogens (tertiary/aromatic N) is 5. The van der Waals surface area contributed by atoms with E-state index in [1.165, 1.54) is 5.01 Å². The summed E-state index contributed by atoms with van der Waals surface area (Å²) in [5.74, 6) is 7.61. The monoisotopic (exact) mass is 351 g/mol. The first-order valence-corrected chi connectivity index (χ1v) is 8.51. The van der Waals surface area contributed by atoms with Crippen molar-refractivity contribution in [2.45, 2.75) is 19.1 Å². The molecule has 3 heterocycles. The number of rotatable bonds is 4. The molecule has 2 aromatic heterocycles. The molecule has 0 aliphatic carbocycles. The highest BCUT2D eigenvalue weighted by Crippen LogP contribution is 2.24. The van der Waals surface area contributed by atoms with Crippen LogP contribution in [-0.4, -0.2) is 39.3 Å². The van der Waals surface area contributed by atoms with Crippen molar-refractivity contribution in [1.82, 2.24) is 15.0 Å². The van der Waals surface area contributed by atoms with Gasteiger partial charge in [0.05, 0.1) is 24.4 Å². The molecule has 0 unspecified atom stereocenters. The van der Waals surface area contributed by atoms with E-state index in [1.54, 1.807) is 12.4 Å². The first-order valence-electron chi connectivity index (χ1n) is 8.51. The number of hydrazine groups is 1. The fourth-order valence-electron chi connectivity index (χ4n) is 3.19. The third-order valence-corrected chi connectivity index (χ3v) is 4.55. The lowest BCUT2D eigenvalue weighted by Gasteiger charge is -2.22. The lowest BCUT2D eigenvalue weighted by molar-refractivity contribution is 0.198. The summed E-state index contributed by atoms with van der Waals surface area (Å²) in [7, 11) is 0. The normalized spacial score (nSPS) is 17.0. The molecule has 8 heteroatoms. The number of β-amino-alcohol motifs (C(OH)–C–C–N with tert-alkyl or cyclic N) is 1. The summed E-state index contributed by atoms with van der Waals surface area (Å²) in [6, 6.07) is 9.92. The average molecular weight is 351 g/mol. The predicted molar refractivity (Wildman–Crippen MR) is 101 cm³/mol. The van der Waals surface area contributed by atoms with Crippen LogP contribution < -0.4 is 21.5 Å². The van der Waals surface area contributed by atoms with Crippen molar-refractivity contribution in [3.8, 4) is 0 Å². The molecule has 1 aliphatic rings. The number of aliphatic hydroxyl groups is 1. The zero-order valence-electron chi connectivity index (χ0n) is 14.3. The number of anilines is 3. The molecular formula is C18H21N7O. The Balaban J connectivity index is 1.57. The standard InChI is InChI=1S/C18H21N7O/c19-17-18(23-16(9-22-17)24-7-5-14(26)11-24)25(20)10-12-3-4-15-13(8-12)2-1-6-21-15/h1-4,6,8-9,14,26H,5,7,10-11,20H2,(H2,19,22)/t14-/m0/s1. The summed E-state index contributed by atoms with van der Waals surface area (Å²) >= 11 is 0. The van der Waals surface area contributed by atoms with Gasteiger partial charge in [-0.2, -0.15) is 0 Å². The topological polar surface area (TPSA) is 117 Å². The summed E-state index contributed by atoms with van der Waals surface area (Å²) in [6.45, 7) is 1.72. The van der Waals surface area contributed by atoms with Gasteiger partial charge in [0.2, 0.25) is 0 Å². The molecule has 3 aromatic rings. The van der Waals surface area contributed by atoms with Crippen molar-refractivity contribution in [2.24, 2.45) is 5.84 Å². The Morgan fingerprint density at radius 3 is 2.96 bits per heavy atom. The van der Waals surface area contributed by atoms with Crippen LogP contribution in [0, 0.1) is 0 Å². The number of pyridine rings is 1. The lowest BCUT2D eigenvalue weighted by atomic mass is 10.1. The second-order valence-electron chi connectivity index (χ2n) is 6.48. The number of nitrogen functional groups attached to an aromatic ring is 1. The number of hydrogen-bond donors (Lipinski definition) is 3.